The van der Waals surface area contributed by atoms with E-state index in [9.17, 15) is 19.3 Å². The van der Waals surface area contributed by atoms with Gasteiger partial charge in [0.25, 0.3) is 11.6 Å². The first-order chi connectivity index (χ1) is 8.99. The van der Waals surface area contributed by atoms with Gasteiger partial charge in [-0.25, -0.2) is 4.39 Å². The number of benzene rings is 1. The lowest BCUT2D eigenvalue weighted by atomic mass is 10.3. The molecule has 1 amide bonds. The normalized spacial score (nSPS) is 10.2. The van der Waals surface area contributed by atoms with Gasteiger partial charge in [0.15, 0.2) is 0 Å². The zero-order valence-electron chi connectivity index (χ0n) is 9.31. The number of amides is 1. The van der Waals surface area contributed by atoms with Gasteiger partial charge in [-0.15, -0.1) is 0 Å². The highest BCUT2D eigenvalue weighted by Gasteiger charge is 2.16. The van der Waals surface area contributed by atoms with Crippen molar-refractivity contribution in [3.8, 4) is 0 Å². The van der Waals surface area contributed by atoms with Gasteiger partial charge in [0.2, 0.25) is 0 Å². The summed E-state index contributed by atoms with van der Waals surface area (Å²) in [7, 11) is 0. The summed E-state index contributed by atoms with van der Waals surface area (Å²) in [4.78, 5) is 24.2. The molecule has 0 saturated heterocycles. The summed E-state index contributed by atoms with van der Waals surface area (Å²) in [5, 5.41) is 13.0. The summed E-state index contributed by atoms with van der Waals surface area (Å²) in [6.07, 6.45) is 1.12. The fourth-order valence-corrected chi connectivity index (χ4v) is 1.90. The Kier molecular flexibility index (Phi) is 3.79. The molecular weight excluding hydrogens is 368 g/mol. The van der Waals surface area contributed by atoms with E-state index in [1.807, 2.05) is 0 Å². The largest absolute Gasteiger partial charge is 0.351 e. The summed E-state index contributed by atoms with van der Waals surface area (Å²) < 4.78 is 13.6. The Morgan fingerprint density at radius 3 is 2.84 bits per heavy atom. The number of carbonyl (C=O) groups is 1. The van der Waals surface area contributed by atoms with Crippen LogP contribution in [-0.4, -0.2) is 15.8 Å². The summed E-state index contributed by atoms with van der Waals surface area (Å²) in [5.41, 5.74) is 0.133. The highest BCUT2D eigenvalue weighted by Crippen LogP contribution is 2.22. The Morgan fingerprint density at radius 1 is 1.47 bits per heavy atom. The summed E-state index contributed by atoms with van der Waals surface area (Å²) in [6, 6.07) is 5.39. The Balaban J connectivity index is 2.21. The number of nitro groups is 1. The van der Waals surface area contributed by atoms with Gasteiger partial charge >= 0.3 is 0 Å². The number of aromatic nitrogens is 1. The van der Waals surface area contributed by atoms with Crippen LogP contribution in [0.4, 0.5) is 15.8 Å². The molecule has 8 heteroatoms. The molecular formula is C11H7FIN3O3. The molecule has 1 heterocycles. The fraction of sp³-hybridized carbons (Fsp3) is 0. The molecule has 0 radical (unpaired) electrons. The van der Waals surface area contributed by atoms with Crippen molar-refractivity contribution >= 4 is 39.9 Å². The number of nitrogens with one attached hydrogen (secondary N) is 2. The lowest BCUT2D eigenvalue weighted by Gasteiger charge is -2.06. The molecule has 0 saturated carbocycles. The van der Waals surface area contributed by atoms with Crippen molar-refractivity contribution in [3.05, 3.63) is 55.7 Å². The number of carbonyl (C=O) groups excluding carboxylic acids is 1. The Labute approximate surface area is 120 Å². The van der Waals surface area contributed by atoms with Crippen LogP contribution in [0, 0.1) is 19.5 Å². The SMILES string of the molecule is O=C(Nc1cccc(F)c1I)c1cc([N+](=O)[O-])c[nH]1. The zero-order chi connectivity index (χ0) is 14.0. The monoisotopic (exact) mass is 375 g/mol. The third-order valence-corrected chi connectivity index (χ3v) is 3.42. The lowest BCUT2D eigenvalue weighted by Crippen LogP contribution is -2.13. The molecule has 0 spiro atoms. The summed E-state index contributed by atoms with van der Waals surface area (Å²) in [5.74, 6) is -1.02. The van der Waals surface area contributed by atoms with Crippen LogP contribution in [0.2, 0.25) is 0 Å². The molecule has 0 fully saturated rings. The average Bonchev–Trinajstić information content (AvgIpc) is 2.84. The van der Waals surface area contributed by atoms with E-state index in [1.54, 1.807) is 28.7 Å². The maximum atomic E-state index is 13.3. The van der Waals surface area contributed by atoms with E-state index in [0.717, 1.165) is 12.3 Å². The van der Waals surface area contributed by atoms with Gasteiger partial charge in [0.1, 0.15) is 11.5 Å². The van der Waals surface area contributed by atoms with Crippen LogP contribution in [0.3, 0.4) is 0 Å². The van der Waals surface area contributed by atoms with E-state index in [-0.39, 0.29) is 15.0 Å². The number of anilines is 1. The molecule has 2 aromatic rings. The van der Waals surface area contributed by atoms with E-state index < -0.39 is 16.6 Å². The second-order valence-corrected chi connectivity index (χ2v) is 4.66. The minimum Gasteiger partial charge on any atom is -0.351 e. The van der Waals surface area contributed by atoms with E-state index in [1.165, 1.54) is 12.1 Å². The molecule has 0 aliphatic heterocycles. The van der Waals surface area contributed by atoms with E-state index >= 15 is 0 Å². The summed E-state index contributed by atoms with van der Waals surface area (Å²) >= 11 is 1.77. The van der Waals surface area contributed by atoms with Crippen LogP contribution in [0.25, 0.3) is 0 Å². The molecule has 2 N–H and O–H groups in total. The molecule has 1 aromatic heterocycles. The Bertz CT molecular complexity index is 656. The quantitative estimate of drug-likeness (QED) is 0.491. The highest BCUT2D eigenvalue weighted by atomic mass is 127. The van der Waals surface area contributed by atoms with Crippen LogP contribution in [-0.2, 0) is 0 Å². The Morgan fingerprint density at radius 2 is 2.21 bits per heavy atom. The summed E-state index contributed by atoms with van der Waals surface area (Å²) in [6.45, 7) is 0. The van der Waals surface area contributed by atoms with E-state index in [4.69, 9.17) is 0 Å². The standard InChI is InChI=1S/C11H7FIN3O3/c12-7-2-1-3-8(10(7)13)15-11(17)9-4-6(5-14-9)16(18)19/h1-5,14H,(H,15,17). The minimum atomic E-state index is -0.612. The maximum absolute atomic E-state index is 13.3. The fourth-order valence-electron chi connectivity index (χ4n) is 1.41. The predicted molar refractivity (Wildman–Crippen MR) is 74.5 cm³/mol. The molecule has 0 aliphatic carbocycles. The predicted octanol–water partition coefficient (Wildman–Crippen LogP) is 2.92. The minimum absolute atomic E-state index is 0.0340. The van der Waals surface area contributed by atoms with Crippen molar-refractivity contribution < 1.29 is 14.1 Å². The molecule has 0 unspecified atom stereocenters. The molecule has 19 heavy (non-hydrogen) atoms. The number of H-pyrrole nitrogens is 1. The number of hydrogen-bond donors (Lipinski definition) is 2. The van der Waals surface area contributed by atoms with Crippen molar-refractivity contribution in [1.82, 2.24) is 4.98 Å². The van der Waals surface area contributed by atoms with E-state index in [2.05, 4.69) is 10.3 Å². The second kappa shape index (κ2) is 5.34. The maximum Gasteiger partial charge on any atom is 0.287 e. The molecule has 6 nitrogen and oxygen atoms in total. The van der Waals surface area contributed by atoms with Crippen molar-refractivity contribution in [2.75, 3.05) is 5.32 Å². The zero-order valence-corrected chi connectivity index (χ0v) is 11.5. The smallest absolute Gasteiger partial charge is 0.287 e. The van der Waals surface area contributed by atoms with Crippen molar-refractivity contribution in [2.45, 2.75) is 0 Å². The number of halogens is 2. The second-order valence-electron chi connectivity index (χ2n) is 3.58. The molecule has 1 aromatic carbocycles. The van der Waals surface area contributed by atoms with Crippen LogP contribution >= 0.6 is 22.6 Å². The molecule has 98 valence electrons. The molecule has 0 bridgehead atoms. The van der Waals surface area contributed by atoms with Crippen LogP contribution in [0.5, 0.6) is 0 Å². The van der Waals surface area contributed by atoms with Gasteiger partial charge in [0.05, 0.1) is 20.4 Å². The van der Waals surface area contributed by atoms with Crippen molar-refractivity contribution in [1.29, 1.82) is 0 Å². The third kappa shape index (κ3) is 2.89. The number of aromatic amines is 1. The Hall–Kier alpha value is -1.97. The molecule has 2 rings (SSSR count). The van der Waals surface area contributed by atoms with Crippen LogP contribution in [0.1, 0.15) is 10.5 Å². The first kappa shape index (κ1) is 13.5. The highest BCUT2D eigenvalue weighted by molar-refractivity contribution is 14.1. The molecule has 0 aliphatic rings. The number of nitrogens with zero attached hydrogens (tertiary/aromatic N) is 1. The number of rotatable bonds is 3. The van der Waals surface area contributed by atoms with Gasteiger partial charge in [0, 0.05) is 6.07 Å². The topological polar surface area (TPSA) is 88.0 Å². The average molecular weight is 375 g/mol. The number of hydrogen-bond acceptors (Lipinski definition) is 3. The van der Waals surface area contributed by atoms with Crippen molar-refractivity contribution in [3.63, 3.8) is 0 Å². The van der Waals surface area contributed by atoms with Gasteiger partial charge in [-0.3, -0.25) is 14.9 Å². The van der Waals surface area contributed by atoms with E-state index in [0.29, 0.717) is 5.69 Å². The van der Waals surface area contributed by atoms with Gasteiger partial charge < -0.3 is 10.3 Å². The molecule has 0 atom stereocenters. The lowest BCUT2D eigenvalue weighted by molar-refractivity contribution is -0.384. The van der Waals surface area contributed by atoms with Gasteiger partial charge in [-0.2, -0.15) is 0 Å². The van der Waals surface area contributed by atoms with Gasteiger partial charge in [-0.05, 0) is 34.7 Å². The van der Waals surface area contributed by atoms with Crippen LogP contribution < -0.4 is 5.32 Å². The third-order valence-electron chi connectivity index (χ3n) is 2.32. The first-order valence-corrected chi connectivity index (χ1v) is 6.15. The van der Waals surface area contributed by atoms with Crippen LogP contribution in [0.15, 0.2) is 30.5 Å². The van der Waals surface area contributed by atoms with Gasteiger partial charge in [-0.1, -0.05) is 6.07 Å². The first-order valence-electron chi connectivity index (χ1n) is 5.07. The van der Waals surface area contributed by atoms with Crippen molar-refractivity contribution in [2.24, 2.45) is 0 Å².